The Kier molecular flexibility index (Phi) is 10.4. The Morgan fingerprint density at radius 3 is 2.13 bits per heavy atom. The van der Waals surface area contributed by atoms with Gasteiger partial charge in [0.2, 0.25) is 0 Å². The third-order valence-electron chi connectivity index (χ3n) is 19.2. The Morgan fingerprint density at radius 2 is 1.53 bits per heavy atom. The highest BCUT2D eigenvalue weighted by Gasteiger charge is 2.71. The molecule has 1 heterocycles. The summed E-state index contributed by atoms with van der Waals surface area (Å²) in [7, 11) is -3.00. The zero-order valence-electron chi connectivity index (χ0n) is 35.6. The van der Waals surface area contributed by atoms with Crippen molar-refractivity contribution in [2.45, 2.75) is 157 Å². The van der Waals surface area contributed by atoms with Crippen LogP contribution in [-0.4, -0.2) is 90.4 Å². The van der Waals surface area contributed by atoms with Crippen molar-refractivity contribution in [2.24, 2.45) is 68.5 Å². The first kappa shape index (κ1) is 41.7. The number of carboxylic acid groups (broad SMARTS) is 1. The monoisotopic (exact) mass is 787 g/mol. The van der Waals surface area contributed by atoms with Crippen LogP contribution in [0.15, 0.2) is 12.2 Å². The lowest BCUT2D eigenvalue weighted by atomic mass is 9.32. The topological polar surface area (TPSA) is 133 Å². The summed E-state index contributed by atoms with van der Waals surface area (Å²) in [6.45, 7) is 26.7. The van der Waals surface area contributed by atoms with E-state index in [1.165, 1.54) is 31.3 Å². The number of aliphatic hydroxyl groups excluding tert-OH is 1. The molecule has 55 heavy (non-hydrogen) atoms. The maximum absolute atomic E-state index is 13.6. The molecule has 0 aromatic heterocycles. The third kappa shape index (κ3) is 6.33. The number of carbonyl (C=O) groups excluding carboxylic acids is 1. The number of ether oxygens (including phenoxy) is 1. The van der Waals surface area contributed by atoms with Gasteiger partial charge in [0.15, 0.2) is 9.84 Å². The van der Waals surface area contributed by atoms with Gasteiger partial charge in [-0.05, 0) is 136 Å². The lowest BCUT2D eigenvalue weighted by Crippen LogP contribution is -2.69. The van der Waals surface area contributed by atoms with Crippen molar-refractivity contribution >= 4 is 21.8 Å². The molecule has 6 aliphatic carbocycles. The predicted octanol–water partition coefficient (Wildman–Crippen LogP) is 7.12. The van der Waals surface area contributed by atoms with E-state index in [9.17, 15) is 28.2 Å². The van der Waals surface area contributed by atoms with Crippen molar-refractivity contribution in [3.8, 4) is 0 Å². The van der Waals surface area contributed by atoms with Crippen LogP contribution in [0.4, 0.5) is 0 Å². The van der Waals surface area contributed by atoms with E-state index < -0.39 is 33.2 Å². The van der Waals surface area contributed by atoms with E-state index in [0.717, 1.165) is 38.5 Å². The van der Waals surface area contributed by atoms with Gasteiger partial charge in [-0.3, -0.25) is 14.5 Å². The van der Waals surface area contributed by atoms with Crippen LogP contribution in [0.3, 0.4) is 0 Å². The highest BCUT2D eigenvalue weighted by molar-refractivity contribution is 7.91. The molecule has 0 radical (unpaired) electrons. The number of aliphatic carboxylic acids is 1. The molecule has 7 aliphatic rings. The van der Waals surface area contributed by atoms with Gasteiger partial charge in [0.1, 0.15) is 6.10 Å². The average molecular weight is 787 g/mol. The first-order chi connectivity index (χ1) is 25.5. The average Bonchev–Trinajstić information content (AvgIpc) is 3.46. The molecule has 0 amide bonds. The number of hydrogen-bond donors (Lipinski definition) is 3. The molecule has 9 nitrogen and oxygen atoms in total. The zero-order chi connectivity index (χ0) is 40.3. The molecule has 7 rings (SSSR count). The lowest BCUT2D eigenvalue weighted by Gasteiger charge is -2.73. The molecular formula is C45H74N2O7S. The van der Waals surface area contributed by atoms with Gasteiger partial charge in [-0.15, -0.1) is 0 Å². The second-order valence-electron chi connectivity index (χ2n) is 22.0. The van der Waals surface area contributed by atoms with Gasteiger partial charge in [-0.1, -0.05) is 60.6 Å². The minimum Gasteiger partial charge on any atom is -0.481 e. The molecule has 14 atom stereocenters. The molecule has 0 bridgehead atoms. The summed E-state index contributed by atoms with van der Waals surface area (Å²) < 4.78 is 30.9. The van der Waals surface area contributed by atoms with Crippen LogP contribution in [0, 0.1) is 68.5 Å². The summed E-state index contributed by atoms with van der Waals surface area (Å²) in [5, 5.41) is 24.8. The second-order valence-corrected chi connectivity index (χ2v) is 24.3. The first-order valence-corrected chi connectivity index (χ1v) is 23.7. The number of sulfone groups is 1. The van der Waals surface area contributed by atoms with Crippen molar-refractivity contribution in [2.75, 3.05) is 31.1 Å². The molecule has 6 saturated carbocycles. The fraction of sp³-hybridized carbons (Fsp3) is 0.911. The Labute approximate surface area is 332 Å². The maximum Gasteiger partial charge on any atom is 0.309 e. The van der Waals surface area contributed by atoms with Crippen LogP contribution in [0.1, 0.15) is 133 Å². The minimum absolute atomic E-state index is 0.0174. The summed E-state index contributed by atoms with van der Waals surface area (Å²) in [6.07, 6.45) is 10.8. The van der Waals surface area contributed by atoms with Gasteiger partial charge >= 0.3 is 11.9 Å². The molecular weight excluding hydrogens is 713 g/mol. The fourth-order valence-corrected chi connectivity index (χ4v) is 16.8. The lowest BCUT2D eigenvalue weighted by molar-refractivity contribution is -0.248. The SMILES string of the molecule is C=C(C)[C@@H]1CC[C@]2(NC[C@H]([C@@H](C)O)N3CCS(=O)(=O)CC3)CC[C@]3(C)[C@H](CC[C@@H]4[C@@]5(C)CC[C@H](OC(=O)[C@@H]6C[C@H](C(=O)O)C6(C)C)C(C)(C)[C@@H]5CC[C@]43C)[C@@H]12. The molecule has 312 valence electrons. The van der Waals surface area contributed by atoms with E-state index in [0.29, 0.717) is 55.6 Å². The van der Waals surface area contributed by atoms with E-state index in [-0.39, 0.29) is 62.7 Å². The molecule has 1 aliphatic heterocycles. The van der Waals surface area contributed by atoms with Crippen LogP contribution in [0.25, 0.3) is 0 Å². The molecule has 0 aromatic carbocycles. The van der Waals surface area contributed by atoms with Crippen molar-refractivity contribution in [3.05, 3.63) is 12.2 Å². The number of allylic oxidation sites excluding steroid dienone is 1. The molecule has 7 fully saturated rings. The van der Waals surface area contributed by atoms with Crippen molar-refractivity contribution in [1.82, 2.24) is 10.2 Å². The van der Waals surface area contributed by atoms with Crippen LogP contribution < -0.4 is 5.32 Å². The smallest absolute Gasteiger partial charge is 0.309 e. The number of aliphatic hydroxyl groups is 1. The van der Waals surface area contributed by atoms with Gasteiger partial charge < -0.3 is 20.3 Å². The van der Waals surface area contributed by atoms with Gasteiger partial charge in [0.05, 0.1) is 29.4 Å². The summed E-state index contributed by atoms with van der Waals surface area (Å²) >= 11 is 0. The Morgan fingerprint density at radius 1 is 0.855 bits per heavy atom. The summed E-state index contributed by atoms with van der Waals surface area (Å²) in [5.41, 5.74) is 1.00. The number of nitrogens with zero attached hydrogens (tertiary/aromatic N) is 1. The summed E-state index contributed by atoms with van der Waals surface area (Å²) in [6, 6.07) is -0.120. The van der Waals surface area contributed by atoms with Crippen molar-refractivity contribution in [1.29, 1.82) is 0 Å². The van der Waals surface area contributed by atoms with Gasteiger partial charge in [0, 0.05) is 36.6 Å². The van der Waals surface area contributed by atoms with Crippen LogP contribution >= 0.6 is 0 Å². The van der Waals surface area contributed by atoms with E-state index >= 15 is 0 Å². The van der Waals surface area contributed by atoms with Crippen LogP contribution in [-0.2, 0) is 24.2 Å². The highest BCUT2D eigenvalue weighted by atomic mass is 32.2. The molecule has 3 N–H and O–H groups in total. The molecule has 10 heteroatoms. The van der Waals surface area contributed by atoms with E-state index in [1.807, 2.05) is 20.8 Å². The van der Waals surface area contributed by atoms with E-state index in [1.54, 1.807) is 0 Å². The number of rotatable bonds is 9. The van der Waals surface area contributed by atoms with Crippen molar-refractivity contribution in [3.63, 3.8) is 0 Å². The molecule has 0 spiro atoms. The van der Waals surface area contributed by atoms with E-state index in [2.05, 4.69) is 58.3 Å². The maximum atomic E-state index is 13.6. The minimum atomic E-state index is -3.00. The van der Waals surface area contributed by atoms with Crippen LogP contribution in [0.5, 0.6) is 0 Å². The number of nitrogens with one attached hydrogen (secondary N) is 1. The first-order valence-electron chi connectivity index (χ1n) is 21.9. The zero-order valence-corrected chi connectivity index (χ0v) is 36.4. The predicted molar refractivity (Wildman–Crippen MR) is 216 cm³/mol. The molecule has 0 aromatic rings. The summed E-state index contributed by atoms with van der Waals surface area (Å²) in [5.74, 6) is 0.964. The third-order valence-corrected chi connectivity index (χ3v) is 20.8. The fourth-order valence-electron chi connectivity index (χ4n) is 15.6. The second kappa shape index (κ2) is 13.8. The van der Waals surface area contributed by atoms with Gasteiger partial charge in [-0.2, -0.15) is 0 Å². The largest absolute Gasteiger partial charge is 0.481 e. The van der Waals surface area contributed by atoms with Crippen LogP contribution in [0.2, 0.25) is 0 Å². The number of carbonyl (C=O) groups is 2. The Balaban J connectivity index is 1.10. The van der Waals surface area contributed by atoms with Crippen molar-refractivity contribution < 1.29 is 33.0 Å². The normalized spacial score (nSPS) is 46.7. The number of hydrogen-bond acceptors (Lipinski definition) is 8. The number of fused-ring (bicyclic) bond motifs is 7. The van der Waals surface area contributed by atoms with Gasteiger partial charge in [0.25, 0.3) is 0 Å². The summed E-state index contributed by atoms with van der Waals surface area (Å²) in [4.78, 5) is 27.6. The van der Waals surface area contributed by atoms with E-state index in [4.69, 9.17) is 4.74 Å². The van der Waals surface area contributed by atoms with Gasteiger partial charge in [-0.25, -0.2) is 8.42 Å². The number of esters is 1. The quantitative estimate of drug-likeness (QED) is 0.165. The highest BCUT2D eigenvalue weighted by Crippen LogP contribution is 2.76. The molecule has 1 saturated heterocycles. The molecule has 0 unspecified atom stereocenters. The Hall–Kier alpha value is -1.49. The number of carboxylic acids is 1. The Bertz CT molecular complexity index is 1640. The standard InChI is InChI=1S/C45H74N2O7S/c1-27(2)29-13-18-45(46-26-33(28(3)48)47-21-23-55(52,53)24-22-47)20-19-43(9)30(37(29)45)11-12-35-42(8)16-15-36(41(6,7)34(42)14-17-44(35,43)10)54-39(51)32-25-31(38(49)50)40(32,4)5/h28-37,46,48H,1,11-26H2,2-10H3,(H,49,50)/t28-,29+,30-,31-,32+,33-,34+,35-,36+,37-,42+,43-,44-,45+/m1/s1.